The Morgan fingerprint density at radius 1 is 1.33 bits per heavy atom. The van der Waals surface area contributed by atoms with Crippen molar-refractivity contribution in [2.45, 2.75) is 44.8 Å². The first-order chi connectivity index (χ1) is 9.85. The van der Waals surface area contributed by atoms with Gasteiger partial charge in [0.05, 0.1) is 24.9 Å². The Hall–Kier alpha value is -1.86. The Kier molecular flexibility index (Phi) is 4.06. The smallest absolute Gasteiger partial charge is 0.329 e. The molecule has 3 atom stereocenters. The van der Waals surface area contributed by atoms with E-state index in [2.05, 4.69) is 6.07 Å². The molecule has 1 aliphatic rings. The molecule has 1 aromatic carbocycles. The highest BCUT2D eigenvalue weighted by atomic mass is 16.5. The van der Waals surface area contributed by atoms with Gasteiger partial charge in [-0.15, -0.1) is 0 Å². The molecule has 0 spiro atoms. The van der Waals surface area contributed by atoms with Crippen molar-refractivity contribution < 1.29 is 14.3 Å². The van der Waals surface area contributed by atoms with E-state index < -0.39 is 23.1 Å². The predicted octanol–water partition coefficient (Wildman–Crippen LogP) is 3.04. The van der Waals surface area contributed by atoms with Crippen LogP contribution in [0.3, 0.4) is 0 Å². The highest BCUT2D eigenvalue weighted by Gasteiger charge is 2.64. The fraction of sp³-hybridized carbons (Fsp3) is 0.529. The maximum Gasteiger partial charge on any atom is 0.329 e. The molecule has 2 rings (SSSR count). The predicted molar refractivity (Wildman–Crippen MR) is 78.5 cm³/mol. The number of nitriles is 1. The van der Waals surface area contributed by atoms with Crippen molar-refractivity contribution in [3.05, 3.63) is 35.9 Å². The molecular weight excluding hydrogens is 266 g/mol. The van der Waals surface area contributed by atoms with Crippen LogP contribution in [0.2, 0.25) is 0 Å². The molecule has 112 valence electrons. The maximum absolute atomic E-state index is 12.3. The maximum atomic E-state index is 12.3. The number of rotatable bonds is 3. The Balaban J connectivity index is 2.37. The Morgan fingerprint density at radius 3 is 2.43 bits per heavy atom. The molecule has 0 amide bonds. The highest BCUT2D eigenvalue weighted by Crippen LogP contribution is 2.55. The molecule has 0 N–H and O–H groups in total. The lowest BCUT2D eigenvalue weighted by molar-refractivity contribution is -0.192. The van der Waals surface area contributed by atoms with Crippen LogP contribution in [0.5, 0.6) is 0 Å². The van der Waals surface area contributed by atoms with E-state index in [1.807, 2.05) is 51.1 Å². The number of ether oxygens (including phenoxy) is 2. The number of carbonyl (C=O) groups excluding carboxylic acids is 1. The van der Waals surface area contributed by atoms with E-state index in [1.54, 1.807) is 0 Å². The molecule has 1 aliphatic carbocycles. The average molecular weight is 287 g/mol. The second-order valence-corrected chi connectivity index (χ2v) is 6.39. The van der Waals surface area contributed by atoms with Crippen molar-refractivity contribution in [3.8, 4) is 6.07 Å². The van der Waals surface area contributed by atoms with E-state index in [1.165, 1.54) is 7.11 Å². The molecule has 4 heteroatoms. The third kappa shape index (κ3) is 2.66. The standard InChI is InChI=1S/C17H21NO3/c1-16(2,3)21-14-10-13(12-8-6-5-7-9-12)17(14,11-18)15(19)20-4/h5-9,13-14H,10H2,1-4H3. The monoisotopic (exact) mass is 287 g/mol. The van der Waals surface area contributed by atoms with Crippen LogP contribution in [0.1, 0.15) is 38.7 Å². The Morgan fingerprint density at radius 2 is 1.95 bits per heavy atom. The largest absolute Gasteiger partial charge is 0.468 e. The summed E-state index contributed by atoms with van der Waals surface area (Å²) in [5.41, 5.74) is -0.704. The summed E-state index contributed by atoms with van der Waals surface area (Å²) < 4.78 is 10.8. The normalized spacial score (nSPS) is 28.3. The van der Waals surface area contributed by atoms with E-state index in [0.29, 0.717) is 6.42 Å². The van der Waals surface area contributed by atoms with Crippen LogP contribution in [0.4, 0.5) is 0 Å². The molecule has 0 aromatic heterocycles. The van der Waals surface area contributed by atoms with Gasteiger partial charge in [-0.25, -0.2) is 0 Å². The SMILES string of the molecule is COC(=O)C1(C#N)C(OC(C)(C)C)CC1c1ccccc1. The summed E-state index contributed by atoms with van der Waals surface area (Å²) in [4.78, 5) is 12.3. The molecule has 0 aliphatic heterocycles. The summed E-state index contributed by atoms with van der Waals surface area (Å²) in [7, 11) is 1.32. The van der Waals surface area contributed by atoms with Crippen LogP contribution >= 0.6 is 0 Å². The van der Waals surface area contributed by atoms with E-state index in [-0.39, 0.29) is 5.92 Å². The van der Waals surface area contributed by atoms with Crippen molar-refractivity contribution in [2.75, 3.05) is 7.11 Å². The minimum atomic E-state index is -1.26. The van der Waals surface area contributed by atoms with Crippen LogP contribution in [0.15, 0.2) is 30.3 Å². The Labute approximate surface area is 125 Å². The lowest BCUT2D eigenvalue weighted by Gasteiger charge is -2.50. The van der Waals surface area contributed by atoms with Crippen molar-refractivity contribution in [1.29, 1.82) is 5.26 Å². The number of nitrogens with zero attached hydrogens (tertiary/aromatic N) is 1. The number of benzene rings is 1. The zero-order valence-electron chi connectivity index (χ0n) is 12.9. The highest BCUT2D eigenvalue weighted by molar-refractivity contribution is 5.84. The van der Waals surface area contributed by atoms with Crippen molar-refractivity contribution >= 4 is 5.97 Å². The van der Waals surface area contributed by atoms with Gasteiger partial charge in [-0.05, 0) is 32.8 Å². The van der Waals surface area contributed by atoms with Crippen LogP contribution < -0.4 is 0 Å². The van der Waals surface area contributed by atoms with E-state index in [0.717, 1.165) is 5.56 Å². The lowest BCUT2D eigenvalue weighted by atomic mass is 9.56. The first-order valence-corrected chi connectivity index (χ1v) is 7.07. The van der Waals surface area contributed by atoms with Crippen LogP contribution in [0, 0.1) is 16.7 Å². The molecule has 3 unspecified atom stereocenters. The summed E-state index contributed by atoms with van der Waals surface area (Å²) in [5, 5.41) is 9.71. The second kappa shape index (κ2) is 5.50. The van der Waals surface area contributed by atoms with E-state index in [4.69, 9.17) is 9.47 Å². The first-order valence-electron chi connectivity index (χ1n) is 7.07. The van der Waals surface area contributed by atoms with Crippen LogP contribution in [-0.2, 0) is 14.3 Å². The number of hydrogen-bond acceptors (Lipinski definition) is 4. The molecule has 0 radical (unpaired) electrons. The molecule has 1 saturated carbocycles. The number of esters is 1. The molecule has 0 bridgehead atoms. The molecule has 0 heterocycles. The molecule has 1 fully saturated rings. The van der Waals surface area contributed by atoms with Gasteiger partial charge in [0.15, 0.2) is 5.41 Å². The van der Waals surface area contributed by atoms with Crippen molar-refractivity contribution in [2.24, 2.45) is 5.41 Å². The van der Waals surface area contributed by atoms with Gasteiger partial charge in [0.25, 0.3) is 0 Å². The zero-order chi connectivity index (χ0) is 15.7. The minimum Gasteiger partial charge on any atom is -0.468 e. The second-order valence-electron chi connectivity index (χ2n) is 6.39. The molecule has 4 nitrogen and oxygen atoms in total. The zero-order valence-corrected chi connectivity index (χ0v) is 12.9. The van der Waals surface area contributed by atoms with Crippen molar-refractivity contribution in [3.63, 3.8) is 0 Å². The van der Waals surface area contributed by atoms with Gasteiger partial charge in [0.1, 0.15) is 0 Å². The Bertz CT molecular complexity index is 556. The molecule has 21 heavy (non-hydrogen) atoms. The third-order valence-corrected chi connectivity index (χ3v) is 3.91. The topological polar surface area (TPSA) is 59.3 Å². The van der Waals surface area contributed by atoms with E-state index in [9.17, 15) is 10.1 Å². The summed E-state index contributed by atoms with van der Waals surface area (Å²) in [6.45, 7) is 5.76. The molecule has 1 aromatic rings. The molecule has 0 saturated heterocycles. The number of hydrogen-bond donors (Lipinski definition) is 0. The summed E-state index contributed by atoms with van der Waals surface area (Å²) in [6.07, 6.45) is 0.199. The van der Waals surface area contributed by atoms with Gasteiger partial charge in [-0.3, -0.25) is 4.79 Å². The number of methoxy groups -OCH3 is 1. The fourth-order valence-electron chi connectivity index (χ4n) is 2.94. The van der Waals surface area contributed by atoms with Crippen molar-refractivity contribution in [1.82, 2.24) is 0 Å². The quantitative estimate of drug-likeness (QED) is 0.802. The van der Waals surface area contributed by atoms with Gasteiger partial charge in [-0.2, -0.15) is 5.26 Å². The number of carbonyl (C=O) groups is 1. The lowest BCUT2D eigenvalue weighted by Crippen LogP contribution is -2.59. The van der Waals surface area contributed by atoms with Crippen LogP contribution in [-0.4, -0.2) is 24.8 Å². The average Bonchev–Trinajstić information content (AvgIpc) is 2.43. The van der Waals surface area contributed by atoms with Gasteiger partial charge < -0.3 is 9.47 Å². The third-order valence-electron chi connectivity index (χ3n) is 3.91. The van der Waals surface area contributed by atoms with Crippen LogP contribution in [0.25, 0.3) is 0 Å². The van der Waals surface area contributed by atoms with Gasteiger partial charge in [-0.1, -0.05) is 30.3 Å². The van der Waals surface area contributed by atoms with E-state index >= 15 is 0 Å². The fourth-order valence-corrected chi connectivity index (χ4v) is 2.94. The van der Waals surface area contributed by atoms with Gasteiger partial charge >= 0.3 is 5.97 Å². The summed E-state index contributed by atoms with van der Waals surface area (Å²) in [5.74, 6) is -0.706. The minimum absolute atomic E-state index is 0.191. The summed E-state index contributed by atoms with van der Waals surface area (Å²) in [6, 6.07) is 11.8. The first kappa shape index (κ1) is 15.5. The van der Waals surface area contributed by atoms with Gasteiger partial charge in [0, 0.05) is 5.92 Å². The summed E-state index contributed by atoms with van der Waals surface area (Å²) >= 11 is 0. The van der Waals surface area contributed by atoms with Gasteiger partial charge in [0.2, 0.25) is 0 Å². The molecular formula is C17H21NO3.